The van der Waals surface area contributed by atoms with Crippen molar-refractivity contribution >= 4 is 27.5 Å². The van der Waals surface area contributed by atoms with Crippen LogP contribution >= 0.6 is 27.5 Å². The highest BCUT2D eigenvalue weighted by molar-refractivity contribution is 9.10. The highest BCUT2D eigenvalue weighted by Crippen LogP contribution is 2.25. The number of hydrogen-bond acceptors (Lipinski definition) is 2. The zero-order valence-electron chi connectivity index (χ0n) is 11.0. The van der Waals surface area contributed by atoms with Gasteiger partial charge in [-0.05, 0) is 49.7 Å². The first-order valence-corrected chi connectivity index (χ1v) is 7.44. The van der Waals surface area contributed by atoms with E-state index in [0.717, 1.165) is 22.5 Å². The number of aryl methyl sites for hydroxylation is 1. The Hall–Kier alpha value is -0.840. The number of nitrogens with one attached hydrogen (secondary N) is 1. The average molecular weight is 343 g/mol. The second kappa shape index (κ2) is 6.55. The summed E-state index contributed by atoms with van der Waals surface area (Å²) in [5.74, 6) is 0. The molecule has 19 heavy (non-hydrogen) atoms. The summed E-state index contributed by atoms with van der Waals surface area (Å²) in [7, 11) is 1.96. The maximum atomic E-state index is 6.11. The Labute approximate surface area is 127 Å². The predicted octanol–water partition coefficient (Wildman–Crippen LogP) is 3.82. The quantitative estimate of drug-likeness (QED) is 0.895. The molecule has 0 aliphatic heterocycles. The fourth-order valence-electron chi connectivity index (χ4n) is 2.08. The summed E-state index contributed by atoms with van der Waals surface area (Å²) >= 11 is 9.59. The number of aromatic nitrogens is 2. The Kier molecular flexibility index (Phi) is 5.02. The van der Waals surface area contributed by atoms with Crippen molar-refractivity contribution in [3.05, 3.63) is 51.2 Å². The van der Waals surface area contributed by atoms with Gasteiger partial charge in [-0.2, -0.15) is 5.10 Å². The molecule has 1 heterocycles. The topological polar surface area (TPSA) is 29.9 Å². The minimum atomic E-state index is 0.226. The van der Waals surface area contributed by atoms with E-state index < -0.39 is 0 Å². The molecule has 5 heteroatoms. The monoisotopic (exact) mass is 341 g/mol. The first-order valence-electron chi connectivity index (χ1n) is 6.27. The molecule has 3 nitrogen and oxygen atoms in total. The van der Waals surface area contributed by atoms with E-state index in [9.17, 15) is 0 Å². The van der Waals surface area contributed by atoms with E-state index >= 15 is 0 Å². The van der Waals surface area contributed by atoms with Gasteiger partial charge in [-0.3, -0.25) is 4.68 Å². The van der Waals surface area contributed by atoms with Gasteiger partial charge >= 0.3 is 0 Å². The van der Waals surface area contributed by atoms with Crippen molar-refractivity contribution in [3.63, 3.8) is 0 Å². The van der Waals surface area contributed by atoms with Gasteiger partial charge in [0.2, 0.25) is 0 Å². The van der Waals surface area contributed by atoms with E-state index in [-0.39, 0.29) is 6.04 Å². The molecule has 0 amide bonds. The molecule has 0 radical (unpaired) electrons. The molecule has 0 bridgehead atoms. The van der Waals surface area contributed by atoms with Gasteiger partial charge in [0, 0.05) is 28.3 Å². The van der Waals surface area contributed by atoms with Crippen LogP contribution in [0.1, 0.15) is 24.1 Å². The van der Waals surface area contributed by atoms with E-state index in [1.54, 1.807) is 0 Å². The first-order chi connectivity index (χ1) is 9.12. The zero-order valence-corrected chi connectivity index (χ0v) is 13.4. The SMILES string of the molecule is CCn1cc(CC(NC)c2cc(Cl)cc(Br)c2)cn1. The van der Waals surface area contributed by atoms with Crippen molar-refractivity contribution in [2.45, 2.75) is 25.9 Å². The number of hydrogen-bond donors (Lipinski definition) is 1. The van der Waals surface area contributed by atoms with Gasteiger partial charge in [-0.25, -0.2) is 0 Å². The molecule has 2 rings (SSSR count). The van der Waals surface area contributed by atoms with Crippen molar-refractivity contribution in [1.82, 2.24) is 15.1 Å². The van der Waals surface area contributed by atoms with Gasteiger partial charge in [0.15, 0.2) is 0 Å². The van der Waals surface area contributed by atoms with Crippen LogP contribution in [0.3, 0.4) is 0 Å². The lowest BCUT2D eigenvalue weighted by Crippen LogP contribution is -2.18. The normalized spacial score (nSPS) is 12.6. The highest BCUT2D eigenvalue weighted by atomic mass is 79.9. The van der Waals surface area contributed by atoms with Gasteiger partial charge in [-0.15, -0.1) is 0 Å². The van der Waals surface area contributed by atoms with Gasteiger partial charge < -0.3 is 5.32 Å². The van der Waals surface area contributed by atoms with Crippen LogP contribution in [0.2, 0.25) is 5.02 Å². The third-order valence-electron chi connectivity index (χ3n) is 3.09. The average Bonchev–Trinajstić information content (AvgIpc) is 2.82. The van der Waals surface area contributed by atoms with E-state index in [1.165, 1.54) is 11.1 Å². The molecule has 0 aliphatic rings. The molecule has 1 aromatic heterocycles. The fourth-order valence-corrected chi connectivity index (χ4v) is 2.97. The molecular formula is C14H17BrClN3. The molecule has 102 valence electrons. The van der Waals surface area contributed by atoms with Gasteiger partial charge in [0.05, 0.1) is 6.20 Å². The molecule has 0 aliphatic carbocycles. The van der Waals surface area contributed by atoms with E-state index in [0.29, 0.717) is 0 Å². The minimum Gasteiger partial charge on any atom is -0.313 e. The van der Waals surface area contributed by atoms with Gasteiger partial charge in [0.1, 0.15) is 0 Å². The van der Waals surface area contributed by atoms with Crippen LogP contribution in [-0.2, 0) is 13.0 Å². The summed E-state index contributed by atoms with van der Waals surface area (Å²) in [6, 6.07) is 6.21. The molecule has 1 atom stereocenters. The Morgan fingerprint density at radius 3 is 2.79 bits per heavy atom. The molecule has 0 spiro atoms. The second-order valence-corrected chi connectivity index (χ2v) is 5.80. The second-order valence-electron chi connectivity index (χ2n) is 4.45. The summed E-state index contributed by atoms with van der Waals surface area (Å²) in [5, 5.41) is 8.38. The zero-order chi connectivity index (χ0) is 13.8. The summed E-state index contributed by atoms with van der Waals surface area (Å²) in [4.78, 5) is 0. The minimum absolute atomic E-state index is 0.226. The molecule has 0 saturated heterocycles. The lowest BCUT2D eigenvalue weighted by molar-refractivity contribution is 0.590. The lowest BCUT2D eigenvalue weighted by atomic mass is 10.0. The Balaban J connectivity index is 2.19. The molecule has 2 aromatic rings. The fraction of sp³-hybridized carbons (Fsp3) is 0.357. The van der Waals surface area contributed by atoms with Crippen LogP contribution in [0.25, 0.3) is 0 Å². The maximum Gasteiger partial charge on any atom is 0.0522 e. The smallest absolute Gasteiger partial charge is 0.0522 e. The van der Waals surface area contributed by atoms with E-state index in [1.807, 2.05) is 30.1 Å². The largest absolute Gasteiger partial charge is 0.313 e. The van der Waals surface area contributed by atoms with E-state index in [2.05, 4.69) is 45.5 Å². The van der Waals surface area contributed by atoms with Crippen LogP contribution in [0.15, 0.2) is 35.1 Å². The number of rotatable bonds is 5. The van der Waals surface area contributed by atoms with Gasteiger partial charge in [-0.1, -0.05) is 27.5 Å². The third kappa shape index (κ3) is 3.81. The molecule has 1 aromatic carbocycles. The van der Waals surface area contributed by atoms with Crippen molar-refractivity contribution in [2.24, 2.45) is 0 Å². The molecular weight excluding hydrogens is 326 g/mol. The number of halogens is 2. The third-order valence-corrected chi connectivity index (χ3v) is 3.76. The maximum absolute atomic E-state index is 6.11. The standard InChI is InChI=1S/C14H17BrClN3/c1-3-19-9-10(8-18-19)4-14(17-2)11-5-12(15)7-13(16)6-11/h5-9,14,17H,3-4H2,1-2H3. The Morgan fingerprint density at radius 2 is 2.21 bits per heavy atom. The number of benzene rings is 1. The summed E-state index contributed by atoms with van der Waals surface area (Å²) in [6.45, 7) is 2.98. The highest BCUT2D eigenvalue weighted by Gasteiger charge is 2.12. The van der Waals surface area contributed by atoms with Crippen LogP contribution in [0.4, 0.5) is 0 Å². The number of likely N-dealkylation sites (N-methyl/N-ethyl adjacent to an activating group) is 1. The first kappa shape index (κ1) is 14.6. The molecule has 0 saturated carbocycles. The van der Waals surface area contributed by atoms with Crippen molar-refractivity contribution in [3.8, 4) is 0 Å². The number of nitrogens with zero attached hydrogens (tertiary/aromatic N) is 2. The van der Waals surface area contributed by atoms with Crippen LogP contribution in [0, 0.1) is 0 Å². The van der Waals surface area contributed by atoms with Crippen LogP contribution in [0.5, 0.6) is 0 Å². The Bertz CT molecular complexity index is 533. The van der Waals surface area contributed by atoms with Crippen LogP contribution < -0.4 is 5.32 Å². The van der Waals surface area contributed by atoms with Crippen molar-refractivity contribution < 1.29 is 0 Å². The molecule has 0 fully saturated rings. The predicted molar refractivity (Wildman–Crippen MR) is 82.6 cm³/mol. The summed E-state index contributed by atoms with van der Waals surface area (Å²) in [6.07, 6.45) is 4.90. The lowest BCUT2D eigenvalue weighted by Gasteiger charge is -2.16. The molecule has 1 N–H and O–H groups in total. The summed E-state index contributed by atoms with van der Waals surface area (Å²) < 4.78 is 2.94. The van der Waals surface area contributed by atoms with Gasteiger partial charge in [0.25, 0.3) is 0 Å². The van der Waals surface area contributed by atoms with Crippen molar-refractivity contribution in [2.75, 3.05) is 7.05 Å². The molecule has 1 unspecified atom stereocenters. The van der Waals surface area contributed by atoms with E-state index in [4.69, 9.17) is 11.6 Å². The summed E-state index contributed by atoms with van der Waals surface area (Å²) in [5.41, 5.74) is 2.39. The van der Waals surface area contributed by atoms with Crippen molar-refractivity contribution in [1.29, 1.82) is 0 Å². The Morgan fingerprint density at radius 1 is 1.42 bits per heavy atom. The van der Waals surface area contributed by atoms with Crippen LogP contribution in [-0.4, -0.2) is 16.8 Å².